The number of halogens is 2. The van der Waals surface area contributed by atoms with E-state index in [1.807, 2.05) is 0 Å². The molecule has 0 spiro atoms. The summed E-state index contributed by atoms with van der Waals surface area (Å²) >= 11 is 5.62. The minimum atomic E-state index is -4.02. The van der Waals surface area contributed by atoms with Crippen molar-refractivity contribution >= 4 is 27.3 Å². The van der Waals surface area contributed by atoms with Crippen LogP contribution in [-0.2, 0) is 14.8 Å². The first-order valence-electron chi connectivity index (χ1n) is 6.16. The highest BCUT2D eigenvalue weighted by Gasteiger charge is 2.29. The van der Waals surface area contributed by atoms with E-state index in [-0.39, 0.29) is 22.7 Å². The van der Waals surface area contributed by atoms with Crippen LogP contribution in [0.5, 0.6) is 0 Å². The second kappa shape index (κ2) is 5.85. The van der Waals surface area contributed by atoms with Gasteiger partial charge in [0.25, 0.3) is 0 Å². The lowest BCUT2D eigenvalue weighted by Gasteiger charge is -2.19. The second-order valence-electron chi connectivity index (χ2n) is 4.85. The van der Waals surface area contributed by atoms with Gasteiger partial charge in [-0.1, -0.05) is 11.6 Å². The van der Waals surface area contributed by atoms with Crippen molar-refractivity contribution in [3.63, 3.8) is 0 Å². The molecule has 2 atom stereocenters. The fraction of sp³-hybridized carbons (Fsp3) is 0.500. The van der Waals surface area contributed by atoms with E-state index < -0.39 is 20.7 Å². The number of benzene rings is 1. The molecule has 8 heteroatoms. The van der Waals surface area contributed by atoms with E-state index in [4.69, 9.17) is 22.1 Å². The Morgan fingerprint density at radius 3 is 2.85 bits per heavy atom. The highest BCUT2D eigenvalue weighted by atomic mass is 35.5. The summed E-state index contributed by atoms with van der Waals surface area (Å²) in [7, 11) is -4.02. The molecule has 0 radical (unpaired) electrons. The quantitative estimate of drug-likeness (QED) is 0.828. The molecule has 5 nitrogen and oxygen atoms in total. The van der Waals surface area contributed by atoms with Crippen LogP contribution in [-0.4, -0.2) is 27.7 Å². The summed E-state index contributed by atoms with van der Waals surface area (Å²) in [6, 6.07) is 1.87. The smallest absolute Gasteiger partial charge is 0.243 e. The Balaban J connectivity index is 2.26. The van der Waals surface area contributed by atoms with Crippen molar-refractivity contribution in [3.05, 3.63) is 23.0 Å². The lowest BCUT2D eigenvalue weighted by atomic mass is 10.0. The molecule has 0 aliphatic carbocycles. The monoisotopic (exact) mass is 322 g/mol. The minimum absolute atomic E-state index is 0.0735. The van der Waals surface area contributed by atoms with Gasteiger partial charge in [0, 0.05) is 24.3 Å². The summed E-state index contributed by atoms with van der Waals surface area (Å²) in [5.74, 6) is -0.924. The van der Waals surface area contributed by atoms with Crippen LogP contribution in [0.2, 0.25) is 5.02 Å². The highest BCUT2D eigenvalue weighted by Crippen LogP contribution is 2.26. The fourth-order valence-electron chi connectivity index (χ4n) is 2.13. The predicted molar refractivity (Wildman–Crippen MR) is 74.5 cm³/mol. The molecule has 1 aromatic rings. The van der Waals surface area contributed by atoms with E-state index in [0.717, 1.165) is 12.5 Å². The van der Waals surface area contributed by atoms with Gasteiger partial charge in [-0.15, -0.1) is 0 Å². The standard InChI is InChI=1S/C12H16ClFN2O3S/c1-7(8-2-3-19-6-8)16-20(17,18)11-5-9(15)4-10(13)12(11)14/h4-5,7-8,16H,2-3,6,15H2,1H3. The number of sulfonamides is 1. The average Bonchev–Trinajstić information content (AvgIpc) is 2.86. The van der Waals surface area contributed by atoms with E-state index in [0.29, 0.717) is 13.2 Å². The Morgan fingerprint density at radius 2 is 2.25 bits per heavy atom. The molecule has 1 saturated heterocycles. The van der Waals surface area contributed by atoms with Crippen molar-refractivity contribution in [2.45, 2.75) is 24.3 Å². The number of nitrogen functional groups attached to an aromatic ring is 1. The Labute approximate surface area is 122 Å². The Morgan fingerprint density at radius 1 is 1.55 bits per heavy atom. The second-order valence-corrected chi connectivity index (χ2v) is 6.94. The molecule has 0 bridgehead atoms. The largest absolute Gasteiger partial charge is 0.399 e. The van der Waals surface area contributed by atoms with Gasteiger partial charge in [-0.2, -0.15) is 0 Å². The van der Waals surface area contributed by atoms with E-state index in [1.54, 1.807) is 6.92 Å². The number of ether oxygens (including phenoxy) is 1. The maximum absolute atomic E-state index is 13.9. The van der Waals surface area contributed by atoms with Gasteiger partial charge in [-0.05, 0) is 25.5 Å². The maximum Gasteiger partial charge on any atom is 0.243 e. The third-order valence-corrected chi connectivity index (χ3v) is 5.15. The minimum Gasteiger partial charge on any atom is -0.399 e. The number of rotatable bonds is 4. The Kier molecular flexibility index (Phi) is 4.53. The molecule has 1 fully saturated rings. The molecule has 0 saturated carbocycles. The number of hydrogen-bond donors (Lipinski definition) is 2. The zero-order valence-electron chi connectivity index (χ0n) is 10.9. The predicted octanol–water partition coefficient (Wildman–Crippen LogP) is 1.76. The molecule has 1 aliphatic heterocycles. The SMILES string of the molecule is CC(NS(=O)(=O)c1cc(N)cc(Cl)c1F)C1CCOC1. The van der Waals surface area contributed by atoms with Crippen LogP contribution in [0.4, 0.5) is 10.1 Å². The average molecular weight is 323 g/mol. The van der Waals surface area contributed by atoms with Crippen LogP contribution in [0.15, 0.2) is 17.0 Å². The summed E-state index contributed by atoms with van der Waals surface area (Å²) in [6.07, 6.45) is 0.768. The normalized spacial score (nSPS) is 21.1. The summed E-state index contributed by atoms with van der Waals surface area (Å²) in [4.78, 5) is -0.534. The Bertz CT molecular complexity index is 603. The molecule has 0 aromatic heterocycles. The van der Waals surface area contributed by atoms with Crippen molar-refractivity contribution in [1.82, 2.24) is 4.72 Å². The lowest BCUT2D eigenvalue weighted by molar-refractivity contribution is 0.180. The first-order chi connectivity index (χ1) is 9.31. The van der Waals surface area contributed by atoms with E-state index >= 15 is 0 Å². The third kappa shape index (κ3) is 3.22. The highest BCUT2D eigenvalue weighted by molar-refractivity contribution is 7.89. The zero-order chi connectivity index (χ0) is 14.9. The summed E-state index contributed by atoms with van der Waals surface area (Å²) in [5.41, 5.74) is 5.61. The molecular formula is C12H16ClFN2O3S. The first-order valence-corrected chi connectivity index (χ1v) is 8.02. The summed E-state index contributed by atoms with van der Waals surface area (Å²) in [5, 5.41) is -0.317. The third-order valence-electron chi connectivity index (χ3n) is 3.32. The van der Waals surface area contributed by atoms with Crippen LogP contribution in [0.1, 0.15) is 13.3 Å². The van der Waals surface area contributed by atoms with Crippen LogP contribution in [0.3, 0.4) is 0 Å². The molecule has 2 rings (SSSR count). The van der Waals surface area contributed by atoms with E-state index in [2.05, 4.69) is 4.72 Å². The molecule has 1 aliphatic rings. The van der Waals surface area contributed by atoms with Crippen molar-refractivity contribution in [2.75, 3.05) is 18.9 Å². The molecule has 0 amide bonds. The van der Waals surface area contributed by atoms with Crippen LogP contribution < -0.4 is 10.5 Å². The van der Waals surface area contributed by atoms with Crippen molar-refractivity contribution in [3.8, 4) is 0 Å². The van der Waals surface area contributed by atoms with Gasteiger partial charge in [0.15, 0.2) is 5.82 Å². The lowest BCUT2D eigenvalue weighted by Crippen LogP contribution is -2.38. The topological polar surface area (TPSA) is 81.4 Å². The first kappa shape index (κ1) is 15.5. The molecule has 3 N–H and O–H groups in total. The molecule has 1 aromatic carbocycles. The summed E-state index contributed by atoms with van der Waals surface area (Å²) < 4.78 is 46.0. The van der Waals surface area contributed by atoms with Gasteiger partial charge in [-0.3, -0.25) is 0 Å². The van der Waals surface area contributed by atoms with Gasteiger partial charge >= 0.3 is 0 Å². The van der Waals surface area contributed by atoms with Gasteiger partial charge in [0.2, 0.25) is 10.0 Å². The number of hydrogen-bond acceptors (Lipinski definition) is 4. The Hall–Kier alpha value is -0.890. The zero-order valence-corrected chi connectivity index (χ0v) is 12.5. The van der Waals surface area contributed by atoms with Gasteiger partial charge in [0.1, 0.15) is 4.90 Å². The summed E-state index contributed by atoms with van der Waals surface area (Å²) in [6.45, 7) is 2.82. The maximum atomic E-state index is 13.9. The fourth-order valence-corrected chi connectivity index (χ4v) is 3.86. The van der Waals surface area contributed by atoms with Gasteiger partial charge in [0.05, 0.1) is 11.6 Å². The number of nitrogens with two attached hydrogens (primary N) is 1. The number of nitrogens with one attached hydrogen (secondary N) is 1. The van der Waals surface area contributed by atoms with Crippen LogP contribution in [0.25, 0.3) is 0 Å². The number of anilines is 1. The van der Waals surface area contributed by atoms with Crippen molar-refractivity contribution in [2.24, 2.45) is 5.92 Å². The van der Waals surface area contributed by atoms with Gasteiger partial charge < -0.3 is 10.5 Å². The molecule has 112 valence electrons. The molecular weight excluding hydrogens is 307 g/mol. The van der Waals surface area contributed by atoms with Crippen molar-refractivity contribution in [1.29, 1.82) is 0 Å². The van der Waals surface area contributed by atoms with E-state index in [1.165, 1.54) is 6.07 Å². The molecule has 1 heterocycles. The molecule has 20 heavy (non-hydrogen) atoms. The van der Waals surface area contributed by atoms with E-state index in [9.17, 15) is 12.8 Å². The van der Waals surface area contributed by atoms with Gasteiger partial charge in [-0.25, -0.2) is 17.5 Å². The molecule has 2 unspecified atom stereocenters. The van der Waals surface area contributed by atoms with Crippen LogP contribution in [0, 0.1) is 11.7 Å². The van der Waals surface area contributed by atoms with Crippen LogP contribution >= 0.6 is 11.6 Å². The van der Waals surface area contributed by atoms with Crippen molar-refractivity contribution < 1.29 is 17.5 Å².